The van der Waals surface area contributed by atoms with Crippen LogP contribution in [0.25, 0.3) is 21.3 Å². The topological polar surface area (TPSA) is 30.7 Å². The lowest BCUT2D eigenvalue weighted by molar-refractivity contribution is 0.660. The molecule has 3 rings (SSSR count). The lowest BCUT2D eigenvalue weighted by Gasteiger charge is -1.96. The van der Waals surface area contributed by atoms with E-state index in [1.807, 2.05) is 16.4 Å². The van der Waals surface area contributed by atoms with E-state index in [1.165, 1.54) is 10.3 Å². The second-order valence-electron chi connectivity index (χ2n) is 3.62. The molecule has 2 aromatic heterocycles. The number of hydrogen-bond acceptors (Lipinski definition) is 3. The quantitative estimate of drug-likeness (QED) is 0.675. The molecule has 0 saturated carbocycles. The third-order valence-corrected chi connectivity index (χ3v) is 3.43. The summed E-state index contributed by atoms with van der Waals surface area (Å²) in [6.45, 7) is 2.99. The largest absolute Gasteiger partial charge is 0.272 e. The highest BCUT2D eigenvalue weighted by molar-refractivity contribution is 7.16. The Kier molecular flexibility index (Phi) is 2.22. The van der Waals surface area contributed by atoms with Crippen LogP contribution in [-0.4, -0.2) is 14.8 Å². The van der Waals surface area contributed by atoms with Crippen molar-refractivity contribution >= 4 is 21.6 Å². The molecule has 0 aliphatic carbocycles. The molecule has 0 fully saturated rings. The van der Waals surface area contributed by atoms with Gasteiger partial charge in [-0.3, -0.25) is 4.68 Å². The van der Waals surface area contributed by atoms with Crippen molar-refractivity contribution in [2.45, 2.75) is 13.5 Å². The van der Waals surface area contributed by atoms with Gasteiger partial charge < -0.3 is 0 Å². The molecule has 0 unspecified atom stereocenters. The van der Waals surface area contributed by atoms with Gasteiger partial charge in [-0.1, -0.05) is 6.07 Å². The number of benzene rings is 1. The average molecular weight is 229 g/mol. The minimum Gasteiger partial charge on any atom is -0.272 e. The molecule has 80 valence electrons. The predicted octanol–water partition coefficient (Wildman–Crippen LogP) is 3.18. The summed E-state index contributed by atoms with van der Waals surface area (Å²) >= 11 is 1.67. The van der Waals surface area contributed by atoms with Crippen LogP contribution >= 0.6 is 11.3 Å². The van der Waals surface area contributed by atoms with E-state index < -0.39 is 0 Å². The summed E-state index contributed by atoms with van der Waals surface area (Å²) < 4.78 is 3.16. The van der Waals surface area contributed by atoms with E-state index in [-0.39, 0.29) is 0 Å². The van der Waals surface area contributed by atoms with Gasteiger partial charge in [0, 0.05) is 18.3 Å². The smallest absolute Gasteiger partial charge is 0.0818 e. The van der Waals surface area contributed by atoms with E-state index >= 15 is 0 Å². The minimum absolute atomic E-state index is 0.902. The average Bonchev–Trinajstić information content (AvgIpc) is 2.96. The molecule has 0 N–H and O–H groups in total. The fourth-order valence-corrected chi connectivity index (χ4v) is 2.38. The lowest BCUT2D eigenvalue weighted by Crippen LogP contribution is -1.91. The lowest BCUT2D eigenvalue weighted by atomic mass is 10.1. The Morgan fingerprint density at radius 2 is 2.25 bits per heavy atom. The number of rotatable bonds is 2. The van der Waals surface area contributed by atoms with Crippen LogP contribution in [-0.2, 0) is 6.54 Å². The van der Waals surface area contributed by atoms with E-state index in [0.717, 1.165) is 17.6 Å². The first-order valence-electron chi connectivity index (χ1n) is 5.23. The Hall–Kier alpha value is -1.68. The van der Waals surface area contributed by atoms with Crippen molar-refractivity contribution in [1.82, 2.24) is 14.8 Å². The van der Waals surface area contributed by atoms with Crippen LogP contribution in [0.4, 0.5) is 0 Å². The standard InChI is InChI=1S/C12H11N3S/c1-2-15-7-10(6-14-15)9-3-4-12-11(5-9)13-8-16-12/h3-8H,2H2,1H3. The molecule has 3 aromatic rings. The van der Waals surface area contributed by atoms with Crippen LogP contribution in [0.2, 0.25) is 0 Å². The number of hydrogen-bond donors (Lipinski definition) is 0. The van der Waals surface area contributed by atoms with Crippen LogP contribution in [0.3, 0.4) is 0 Å². The minimum atomic E-state index is 0.902. The molecule has 3 nitrogen and oxygen atoms in total. The molecule has 0 amide bonds. The van der Waals surface area contributed by atoms with Gasteiger partial charge in [0.05, 0.1) is 21.9 Å². The Labute approximate surface area is 97.4 Å². The van der Waals surface area contributed by atoms with Gasteiger partial charge >= 0.3 is 0 Å². The predicted molar refractivity (Wildman–Crippen MR) is 66.5 cm³/mol. The van der Waals surface area contributed by atoms with Crippen LogP contribution in [0, 0.1) is 0 Å². The number of nitrogens with zero attached hydrogens (tertiary/aromatic N) is 3. The van der Waals surface area contributed by atoms with Gasteiger partial charge in [0.15, 0.2) is 0 Å². The molecule has 16 heavy (non-hydrogen) atoms. The summed E-state index contributed by atoms with van der Waals surface area (Å²) in [6, 6.07) is 6.35. The van der Waals surface area contributed by atoms with E-state index in [9.17, 15) is 0 Å². The summed E-state index contributed by atoms with van der Waals surface area (Å²) in [7, 11) is 0. The normalized spacial score (nSPS) is 11.1. The third-order valence-electron chi connectivity index (χ3n) is 2.62. The first kappa shape index (κ1) is 9.54. The highest BCUT2D eigenvalue weighted by Crippen LogP contribution is 2.25. The van der Waals surface area contributed by atoms with Crippen LogP contribution in [0.15, 0.2) is 36.1 Å². The van der Waals surface area contributed by atoms with E-state index in [2.05, 4.69) is 41.4 Å². The zero-order chi connectivity index (χ0) is 11.0. The molecule has 0 aliphatic heterocycles. The maximum atomic E-state index is 4.32. The summed E-state index contributed by atoms with van der Waals surface area (Å²) in [5.74, 6) is 0. The fraction of sp³-hybridized carbons (Fsp3) is 0.167. The van der Waals surface area contributed by atoms with E-state index in [1.54, 1.807) is 11.3 Å². The van der Waals surface area contributed by atoms with Gasteiger partial charge in [-0.2, -0.15) is 5.10 Å². The SMILES string of the molecule is CCn1cc(-c2ccc3scnc3c2)cn1. The summed E-state index contributed by atoms with van der Waals surface area (Å²) in [5, 5.41) is 4.28. The second kappa shape index (κ2) is 3.72. The number of aryl methyl sites for hydroxylation is 1. The van der Waals surface area contributed by atoms with Crippen LogP contribution in [0.5, 0.6) is 0 Å². The van der Waals surface area contributed by atoms with Crippen molar-refractivity contribution in [2.75, 3.05) is 0 Å². The molecular formula is C12H11N3S. The Morgan fingerprint density at radius 3 is 3.06 bits per heavy atom. The second-order valence-corrected chi connectivity index (χ2v) is 4.51. The molecule has 0 spiro atoms. The van der Waals surface area contributed by atoms with E-state index in [0.29, 0.717) is 0 Å². The number of aromatic nitrogens is 3. The summed E-state index contributed by atoms with van der Waals surface area (Å²) in [4.78, 5) is 4.32. The zero-order valence-electron chi connectivity index (χ0n) is 8.92. The molecular weight excluding hydrogens is 218 g/mol. The van der Waals surface area contributed by atoms with Crippen molar-refractivity contribution in [3.63, 3.8) is 0 Å². The van der Waals surface area contributed by atoms with Gasteiger partial charge in [0.2, 0.25) is 0 Å². The molecule has 4 heteroatoms. The molecule has 1 aromatic carbocycles. The van der Waals surface area contributed by atoms with Gasteiger partial charge in [-0.05, 0) is 24.6 Å². The molecule has 0 aliphatic rings. The highest BCUT2D eigenvalue weighted by Gasteiger charge is 2.03. The van der Waals surface area contributed by atoms with Crippen molar-refractivity contribution in [3.8, 4) is 11.1 Å². The van der Waals surface area contributed by atoms with Crippen molar-refractivity contribution in [3.05, 3.63) is 36.1 Å². The Bertz CT molecular complexity index is 624. The zero-order valence-corrected chi connectivity index (χ0v) is 9.74. The van der Waals surface area contributed by atoms with Crippen molar-refractivity contribution < 1.29 is 0 Å². The van der Waals surface area contributed by atoms with Gasteiger partial charge in [-0.25, -0.2) is 4.98 Å². The number of thiazole rings is 1. The summed E-state index contributed by atoms with van der Waals surface area (Å²) in [5.41, 5.74) is 5.27. The van der Waals surface area contributed by atoms with Crippen molar-refractivity contribution in [1.29, 1.82) is 0 Å². The van der Waals surface area contributed by atoms with Crippen LogP contribution in [0.1, 0.15) is 6.92 Å². The molecule has 0 atom stereocenters. The van der Waals surface area contributed by atoms with Gasteiger partial charge in [0.1, 0.15) is 0 Å². The maximum absolute atomic E-state index is 4.32. The first-order valence-corrected chi connectivity index (χ1v) is 6.11. The molecule has 2 heterocycles. The third kappa shape index (κ3) is 1.51. The van der Waals surface area contributed by atoms with Gasteiger partial charge in [0.25, 0.3) is 0 Å². The van der Waals surface area contributed by atoms with E-state index in [4.69, 9.17) is 0 Å². The Morgan fingerprint density at radius 1 is 1.31 bits per heavy atom. The molecule has 0 bridgehead atoms. The number of fused-ring (bicyclic) bond motifs is 1. The highest BCUT2D eigenvalue weighted by atomic mass is 32.1. The van der Waals surface area contributed by atoms with Gasteiger partial charge in [-0.15, -0.1) is 11.3 Å². The summed E-state index contributed by atoms with van der Waals surface area (Å²) in [6.07, 6.45) is 3.96. The molecule has 0 radical (unpaired) electrons. The fourth-order valence-electron chi connectivity index (χ4n) is 1.72. The molecule has 0 saturated heterocycles. The van der Waals surface area contributed by atoms with Crippen molar-refractivity contribution in [2.24, 2.45) is 0 Å². The van der Waals surface area contributed by atoms with Crippen LogP contribution < -0.4 is 0 Å². The maximum Gasteiger partial charge on any atom is 0.0818 e. The monoisotopic (exact) mass is 229 g/mol. The Balaban J connectivity index is 2.10. The first-order chi connectivity index (χ1) is 7.86.